The second kappa shape index (κ2) is 8.12. The van der Waals surface area contributed by atoms with Crippen LogP contribution in [0.2, 0.25) is 0 Å². The van der Waals surface area contributed by atoms with Crippen LogP contribution in [0.5, 0.6) is 0 Å². The Labute approximate surface area is 125 Å². The van der Waals surface area contributed by atoms with E-state index in [1.807, 2.05) is 37.3 Å². The topological polar surface area (TPSA) is 73.6 Å². The molecule has 1 fully saturated rings. The van der Waals surface area contributed by atoms with Gasteiger partial charge in [0.05, 0.1) is 19.3 Å². The van der Waals surface area contributed by atoms with Gasteiger partial charge in [-0.05, 0) is 25.3 Å². The zero-order chi connectivity index (χ0) is 15.1. The van der Waals surface area contributed by atoms with Crippen LogP contribution in [0.1, 0.15) is 25.3 Å². The number of rotatable bonds is 7. The summed E-state index contributed by atoms with van der Waals surface area (Å²) in [5.41, 5.74) is 6.67. The van der Waals surface area contributed by atoms with Gasteiger partial charge in [-0.2, -0.15) is 0 Å². The molecule has 0 spiro atoms. The highest BCUT2D eigenvalue weighted by Gasteiger charge is 2.30. The molecule has 1 amide bonds. The molecular formula is C16H24N2O3. The Kier molecular flexibility index (Phi) is 6.17. The number of nitrogens with one attached hydrogen (secondary N) is 1. The van der Waals surface area contributed by atoms with E-state index in [-0.39, 0.29) is 24.2 Å². The van der Waals surface area contributed by atoms with Gasteiger partial charge in [-0.15, -0.1) is 0 Å². The van der Waals surface area contributed by atoms with Crippen LogP contribution in [0.25, 0.3) is 0 Å². The van der Waals surface area contributed by atoms with Crippen molar-refractivity contribution in [1.29, 1.82) is 0 Å². The SMILES string of the molecule is CC(COCc1ccccc1)NC(=O)[C@@H]1CC[C@H](CN)O1. The molecule has 1 heterocycles. The summed E-state index contributed by atoms with van der Waals surface area (Å²) in [5.74, 6) is -0.0678. The smallest absolute Gasteiger partial charge is 0.249 e. The lowest BCUT2D eigenvalue weighted by Gasteiger charge is -2.17. The molecule has 2 rings (SSSR count). The van der Waals surface area contributed by atoms with E-state index in [9.17, 15) is 4.79 Å². The van der Waals surface area contributed by atoms with Gasteiger partial charge >= 0.3 is 0 Å². The minimum absolute atomic E-state index is 0.0189. The van der Waals surface area contributed by atoms with Crippen molar-refractivity contribution in [3.05, 3.63) is 35.9 Å². The standard InChI is InChI=1S/C16H24N2O3/c1-12(10-20-11-13-5-3-2-4-6-13)18-16(19)15-8-7-14(9-17)21-15/h2-6,12,14-15H,7-11,17H2,1H3,(H,18,19)/t12?,14-,15+/m1/s1. The fourth-order valence-corrected chi connectivity index (χ4v) is 2.38. The minimum Gasteiger partial charge on any atom is -0.375 e. The molecule has 1 aromatic rings. The second-order valence-corrected chi connectivity index (χ2v) is 5.47. The summed E-state index contributed by atoms with van der Waals surface area (Å²) in [6.07, 6.45) is 1.25. The first-order valence-corrected chi connectivity index (χ1v) is 7.46. The summed E-state index contributed by atoms with van der Waals surface area (Å²) in [6.45, 7) is 3.43. The first-order chi connectivity index (χ1) is 10.2. The van der Waals surface area contributed by atoms with E-state index >= 15 is 0 Å². The van der Waals surface area contributed by atoms with Crippen LogP contribution >= 0.6 is 0 Å². The largest absolute Gasteiger partial charge is 0.375 e. The minimum atomic E-state index is -0.366. The number of hydrogen-bond donors (Lipinski definition) is 2. The molecule has 1 aliphatic rings. The van der Waals surface area contributed by atoms with Gasteiger partial charge < -0.3 is 20.5 Å². The number of carbonyl (C=O) groups excluding carboxylic acids is 1. The van der Waals surface area contributed by atoms with E-state index in [0.717, 1.165) is 18.4 Å². The predicted molar refractivity (Wildman–Crippen MR) is 80.7 cm³/mol. The normalized spacial score (nSPS) is 23.0. The number of amides is 1. The van der Waals surface area contributed by atoms with Crippen LogP contribution in [0.3, 0.4) is 0 Å². The van der Waals surface area contributed by atoms with Crippen molar-refractivity contribution in [3.8, 4) is 0 Å². The molecule has 5 heteroatoms. The summed E-state index contributed by atoms with van der Waals surface area (Å²) in [7, 11) is 0. The van der Waals surface area contributed by atoms with Crippen LogP contribution in [0.15, 0.2) is 30.3 Å². The summed E-state index contributed by atoms with van der Waals surface area (Å²) >= 11 is 0. The maximum atomic E-state index is 12.0. The van der Waals surface area contributed by atoms with Crippen molar-refractivity contribution in [2.24, 2.45) is 5.73 Å². The summed E-state index contributed by atoms with van der Waals surface area (Å²) in [4.78, 5) is 12.0. The first-order valence-electron chi connectivity index (χ1n) is 7.46. The van der Waals surface area contributed by atoms with E-state index in [4.69, 9.17) is 15.2 Å². The maximum Gasteiger partial charge on any atom is 0.249 e. The van der Waals surface area contributed by atoms with E-state index in [1.54, 1.807) is 0 Å². The van der Waals surface area contributed by atoms with Gasteiger partial charge in [0.15, 0.2) is 0 Å². The third kappa shape index (κ3) is 5.12. The summed E-state index contributed by atoms with van der Waals surface area (Å²) in [5, 5.41) is 2.92. The third-order valence-electron chi connectivity index (χ3n) is 3.53. The Morgan fingerprint density at radius 3 is 2.86 bits per heavy atom. The van der Waals surface area contributed by atoms with Crippen molar-refractivity contribution < 1.29 is 14.3 Å². The molecule has 116 valence electrons. The van der Waals surface area contributed by atoms with Gasteiger partial charge in [0.1, 0.15) is 6.10 Å². The molecular weight excluding hydrogens is 268 g/mol. The highest BCUT2D eigenvalue weighted by atomic mass is 16.5. The van der Waals surface area contributed by atoms with Gasteiger partial charge in [-0.3, -0.25) is 4.79 Å². The highest BCUT2D eigenvalue weighted by Crippen LogP contribution is 2.18. The molecule has 3 atom stereocenters. The Hall–Kier alpha value is -1.43. The fraction of sp³-hybridized carbons (Fsp3) is 0.562. The van der Waals surface area contributed by atoms with Crippen molar-refractivity contribution in [1.82, 2.24) is 5.32 Å². The lowest BCUT2D eigenvalue weighted by molar-refractivity contribution is -0.132. The average Bonchev–Trinajstić information content (AvgIpc) is 2.97. The quantitative estimate of drug-likeness (QED) is 0.792. The van der Waals surface area contributed by atoms with Crippen LogP contribution < -0.4 is 11.1 Å². The number of nitrogens with two attached hydrogens (primary N) is 1. The monoisotopic (exact) mass is 292 g/mol. The lowest BCUT2D eigenvalue weighted by atomic mass is 10.2. The fourth-order valence-electron chi connectivity index (χ4n) is 2.38. The Morgan fingerprint density at radius 2 is 2.19 bits per heavy atom. The second-order valence-electron chi connectivity index (χ2n) is 5.47. The zero-order valence-electron chi connectivity index (χ0n) is 12.5. The Morgan fingerprint density at radius 1 is 1.43 bits per heavy atom. The van der Waals surface area contributed by atoms with E-state index in [1.165, 1.54) is 0 Å². The predicted octanol–water partition coefficient (Wildman–Crippen LogP) is 1.21. The van der Waals surface area contributed by atoms with Gasteiger partial charge in [-0.25, -0.2) is 0 Å². The number of benzene rings is 1. The van der Waals surface area contributed by atoms with Crippen molar-refractivity contribution in [2.45, 2.75) is 44.6 Å². The van der Waals surface area contributed by atoms with E-state index in [2.05, 4.69) is 5.32 Å². The molecule has 21 heavy (non-hydrogen) atoms. The Balaban J connectivity index is 1.65. The average molecular weight is 292 g/mol. The third-order valence-corrected chi connectivity index (χ3v) is 3.53. The van der Waals surface area contributed by atoms with Gasteiger partial charge in [0, 0.05) is 12.6 Å². The number of hydrogen-bond acceptors (Lipinski definition) is 4. The van der Waals surface area contributed by atoms with Crippen molar-refractivity contribution >= 4 is 5.91 Å². The molecule has 0 aliphatic carbocycles. The lowest BCUT2D eigenvalue weighted by Crippen LogP contribution is -2.42. The Bertz CT molecular complexity index is 438. The maximum absolute atomic E-state index is 12.0. The molecule has 5 nitrogen and oxygen atoms in total. The van der Waals surface area contributed by atoms with E-state index < -0.39 is 0 Å². The van der Waals surface area contributed by atoms with Crippen LogP contribution in [-0.2, 0) is 20.9 Å². The van der Waals surface area contributed by atoms with Crippen molar-refractivity contribution in [2.75, 3.05) is 13.2 Å². The molecule has 0 aromatic heterocycles. The number of ether oxygens (including phenoxy) is 2. The molecule has 1 saturated heterocycles. The summed E-state index contributed by atoms with van der Waals surface area (Å²) in [6, 6.07) is 9.93. The molecule has 3 N–H and O–H groups in total. The van der Waals surface area contributed by atoms with E-state index in [0.29, 0.717) is 19.8 Å². The molecule has 0 bridgehead atoms. The molecule has 0 radical (unpaired) electrons. The van der Waals surface area contributed by atoms with Crippen molar-refractivity contribution in [3.63, 3.8) is 0 Å². The van der Waals surface area contributed by atoms with Crippen LogP contribution in [-0.4, -0.2) is 37.3 Å². The first kappa shape index (κ1) is 15.9. The molecule has 1 aromatic carbocycles. The zero-order valence-corrected chi connectivity index (χ0v) is 12.5. The van der Waals surface area contributed by atoms with Gasteiger partial charge in [-0.1, -0.05) is 30.3 Å². The van der Waals surface area contributed by atoms with Gasteiger partial charge in [0.2, 0.25) is 5.91 Å². The summed E-state index contributed by atoms with van der Waals surface area (Å²) < 4.78 is 11.2. The van der Waals surface area contributed by atoms with Crippen LogP contribution in [0.4, 0.5) is 0 Å². The van der Waals surface area contributed by atoms with Gasteiger partial charge in [0.25, 0.3) is 0 Å². The number of carbonyl (C=O) groups is 1. The highest BCUT2D eigenvalue weighted by molar-refractivity contribution is 5.81. The van der Waals surface area contributed by atoms with Crippen LogP contribution in [0, 0.1) is 0 Å². The molecule has 1 unspecified atom stereocenters. The molecule has 1 aliphatic heterocycles. The molecule has 0 saturated carbocycles.